The standard InChI is InChI=1S/C11H16N2OS/c1-8(12)6-11(14)13-4-2-9-3-5-15-10(9)7-13/h3,5,8H,2,4,6-7,12H2,1H3. The summed E-state index contributed by atoms with van der Waals surface area (Å²) in [4.78, 5) is 15.0. The van der Waals surface area contributed by atoms with E-state index in [1.807, 2.05) is 11.8 Å². The average Bonchev–Trinajstić information content (AvgIpc) is 2.62. The van der Waals surface area contributed by atoms with Crippen LogP contribution in [0.3, 0.4) is 0 Å². The van der Waals surface area contributed by atoms with Crippen LogP contribution in [0.4, 0.5) is 0 Å². The van der Waals surface area contributed by atoms with E-state index in [4.69, 9.17) is 5.73 Å². The largest absolute Gasteiger partial charge is 0.337 e. The predicted octanol–water partition coefficient (Wildman–Crippen LogP) is 1.37. The smallest absolute Gasteiger partial charge is 0.224 e. The van der Waals surface area contributed by atoms with Gasteiger partial charge in [-0.1, -0.05) is 0 Å². The molecule has 0 spiro atoms. The number of carbonyl (C=O) groups is 1. The maximum absolute atomic E-state index is 11.8. The lowest BCUT2D eigenvalue weighted by atomic mass is 10.1. The summed E-state index contributed by atoms with van der Waals surface area (Å²) in [5.74, 6) is 0.184. The van der Waals surface area contributed by atoms with Crippen molar-refractivity contribution in [1.82, 2.24) is 4.90 Å². The molecule has 0 saturated heterocycles. The molecule has 1 unspecified atom stereocenters. The first kappa shape index (κ1) is 10.6. The number of carbonyl (C=O) groups excluding carboxylic acids is 1. The molecule has 82 valence electrons. The van der Waals surface area contributed by atoms with Crippen LogP contribution in [0.1, 0.15) is 23.8 Å². The fraction of sp³-hybridized carbons (Fsp3) is 0.545. The molecule has 1 atom stereocenters. The zero-order valence-corrected chi connectivity index (χ0v) is 9.72. The van der Waals surface area contributed by atoms with Crippen LogP contribution in [-0.2, 0) is 17.8 Å². The van der Waals surface area contributed by atoms with Gasteiger partial charge in [-0.15, -0.1) is 11.3 Å². The van der Waals surface area contributed by atoms with E-state index in [1.54, 1.807) is 11.3 Å². The van der Waals surface area contributed by atoms with Gasteiger partial charge in [0.25, 0.3) is 0 Å². The summed E-state index contributed by atoms with van der Waals surface area (Å²) in [6.45, 7) is 3.49. The maximum Gasteiger partial charge on any atom is 0.224 e. The van der Waals surface area contributed by atoms with Crippen molar-refractivity contribution in [3.63, 3.8) is 0 Å². The molecule has 2 heterocycles. The Bertz CT molecular complexity index is 359. The average molecular weight is 224 g/mol. The van der Waals surface area contributed by atoms with E-state index in [0.717, 1.165) is 19.5 Å². The van der Waals surface area contributed by atoms with E-state index >= 15 is 0 Å². The molecule has 0 radical (unpaired) electrons. The van der Waals surface area contributed by atoms with Crippen molar-refractivity contribution in [2.45, 2.75) is 32.4 Å². The van der Waals surface area contributed by atoms with Crippen molar-refractivity contribution in [2.24, 2.45) is 5.73 Å². The number of amides is 1. The Morgan fingerprint density at radius 2 is 2.53 bits per heavy atom. The second-order valence-electron chi connectivity index (χ2n) is 4.12. The van der Waals surface area contributed by atoms with Crippen LogP contribution in [-0.4, -0.2) is 23.4 Å². The minimum Gasteiger partial charge on any atom is -0.337 e. The van der Waals surface area contributed by atoms with E-state index in [1.165, 1.54) is 10.4 Å². The van der Waals surface area contributed by atoms with Crippen molar-refractivity contribution in [1.29, 1.82) is 0 Å². The van der Waals surface area contributed by atoms with Crippen molar-refractivity contribution < 1.29 is 4.79 Å². The molecule has 1 aromatic rings. The van der Waals surface area contributed by atoms with Crippen LogP contribution in [0.2, 0.25) is 0 Å². The third-order valence-electron chi connectivity index (χ3n) is 2.67. The van der Waals surface area contributed by atoms with Gasteiger partial charge in [0.1, 0.15) is 0 Å². The molecule has 1 aromatic heterocycles. The van der Waals surface area contributed by atoms with Crippen molar-refractivity contribution >= 4 is 17.2 Å². The third kappa shape index (κ3) is 2.38. The summed E-state index contributed by atoms with van der Waals surface area (Å²) in [6, 6.07) is 2.12. The summed E-state index contributed by atoms with van der Waals surface area (Å²) < 4.78 is 0. The molecule has 4 heteroatoms. The Labute approximate surface area is 93.9 Å². The Balaban J connectivity index is 2.00. The van der Waals surface area contributed by atoms with Gasteiger partial charge in [-0.05, 0) is 30.4 Å². The van der Waals surface area contributed by atoms with Gasteiger partial charge >= 0.3 is 0 Å². The second-order valence-corrected chi connectivity index (χ2v) is 5.12. The Morgan fingerprint density at radius 1 is 1.73 bits per heavy atom. The molecule has 0 aliphatic carbocycles. The molecule has 2 rings (SSSR count). The highest BCUT2D eigenvalue weighted by Crippen LogP contribution is 2.24. The molecule has 1 aliphatic heterocycles. The summed E-state index contributed by atoms with van der Waals surface area (Å²) >= 11 is 1.74. The zero-order valence-electron chi connectivity index (χ0n) is 8.90. The summed E-state index contributed by atoms with van der Waals surface area (Å²) in [6.07, 6.45) is 1.45. The second kappa shape index (κ2) is 4.33. The SMILES string of the molecule is CC(N)CC(=O)N1CCc2ccsc2C1. The lowest BCUT2D eigenvalue weighted by Gasteiger charge is -2.27. The lowest BCUT2D eigenvalue weighted by molar-refractivity contribution is -0.132. The zero-order chi connectivity index (χ0) is 10.8. The predicted molar refractivity (Wildman–Crippen MR) is 61.7 cm³/mol. The molecule has 0 saturated carbocycles. The number of thiophene rings is 1. The molecule has 0 aromatic carbocycles. The highest BCUT2D eigenvalue weighted by molar-refractivity contribution is 7.10. The first-order valence-corrected chi connectivity index (χ1v) is 6.13. The summed E-state index contributed by atoms with van der Waals surface area (Å²) in [7, 11) is 0. The van der Waals surface area contributed by atoms with Gasteiger partial charge in [-0.3, -0.25) is 4.79 Å². The Morgan fingerprint density at radius 3 is 3.27 bits per heavy atom. The quantitative estimate of drug-likeness (QED) is 0.824. The number of nitrogens with zero attached hydrogens (tertiary/aromatic N) is 1. The fourth-order valence-electron chi connectivity index (χ4n) is 1.85. The summed E-state index contributed by atoms with van der Waals surface area (Å²) in [5.41, 5.74) is 7.04. The highest BCUT2D eigenvalue weighted by Gasteiger charge is 2.21. The van der Waals surface area contributed by atoms with Gasteiger partial charge in [-0.25, -0.2) is 0 Å². The van der Waals surface area contributed by atoms with Crippen molar-refractivity contribution in [3.8, 4) is 0 Å². The monoisotopic (exact) mass is 224 g/mol. The molecular formula is C11H16N2OS. The first-order chi connectivity index (χ1) is 7.16. The van der Waals surface area contributed by atoms with Gasteiger partial charge in [0, 0.05) is 23.9 Å². The van der Waals surface area contributed by atoms with E-state index < -0.39 is 0 Å². The first-order valence-electron chi connectivity index (χ1n) is 5.25. The Kier molecular flexibility index (Phi) is 3.07. The van der Waals surface area contributed by atoms with Gasteiger partial charge in [0.2, 0.25) is 5.91 Å². The topological polar surface area (TPSA) is 46.3 Å². The molecule has 15 heavy (non-hydrogen) atoms. The summed E-state index contributed by atoms with van der Waals surface area (Å²) in [5, 5.41) is 2.10. The van der Waals surface area contributed by atoms with Gasteiger partial charge in [0.15, 0.2) is 0 Å². The third-order valence-corrected chi connectivity index (χ3v) is 3.62. The van der Waals surface area contributed by atoms with E-state index in [0.29, 0.717) is 6.42 Å². The van der Waals surface area contributed by atoms with Gasteiger partial charge in [0.05, 0.1) is 6.54 Å². The fourth-order valence-corrected chi connectivity index (χ4v) is 2.80. The number of rotatable bonds is 2. The minimum atomic E-state index is -0.0396. The normalized spacial score (nSPS) is 17.3. The van der Waals surface area contributed by atoms with Crippen LogP contribution in [0.25, 0.3) is 0 Å². The van der Waals surface area contributed by atoms with E-state index in [2.05, 4.69) is 11.4 Å². The number of fused-ring (bicyclic) bond motifs is 1. The highest BCUT2D eigenvalue weighted by atomic mass is 32.1. The molecule has 2 N–H and O–H groups in total. The Hall–Kier alpha value is -0.870. The van der Waals surface area contributed by atoms with Crippen LogP contribution in [0, 0.1) is 0 Å². The van der Waals surface area contributed by atoms with E-state index in [9.17, 15) is 4.79 Å². The van der Waals surface area contributed by atoms with Gasteiger partial charge in [-0.2, -0.15) is 0 Å². The number of hydrogen-bond acceptors (Lipinski definition) is 3. The molecule has 1 aliphatic rings. The molecule has 3 nitrogen and oxygen atoms in total. The van der Waals surface area contributed by atoms with E-state index in [-0.39, 0.29) is 11.9 Å². The number of hydrogen-bond donors (Lipinski definition) is 1. The van der Waals surface area contributed by atoms with Crippen molar-refractivity contribution in [2.75, 3.05) is 6.54 Å². The molecule has 0 fully saturated rings. The van der Waals surface area contributed by atoms with Crippen LogP contribution >= 0.6 is 11.3 Å². The molecular weight excluding hydrogens is 208 g/mol. The molecule has 0 bridgehead atoms. The van der Waals surface area contributed by atoms with Crippen molar-refractivity contribution in [3.05, 3.63) is 21.9 Å². The van der Waals surface area contributed by atoms with Crippen LogP contribution in [0.15, 0.2) is 11.4 Å². The maximum atomic E-state index is 11.8. The van der Waals surface area contributed by atoms with Crippen LogP contribution in [0.5, 0.6) is 0 Å². The lowest BCUT2D eigenvalue weighted by Crippen LogP contribution is -2.37. The molecule has 1 amide bonds. The number of nitrogens with two attached hydrogens (primary N) is 1. The minimum absolute atomic E-state index is 0.0396. The van der Waals surface area contributed by atoms with Crippen LogP contribution < -0.4 is 5.73 Å². The van der Waals surface area contributed by atoms with Gasteiger partial charge < -0.3 is 10.6 Å².